The van der Waals surface area contributed by atoms with Crippen molar-refractivity contribution in [2.45, 2.75) is 32.3 Å². The number of rotatable bonds is 6. The van der Waals surface area contributed by atoms with Gasteiger partial charge in [0, 0.05) is 12.5 Å². The summed E-state index contributed by atoms with van der Waals surface area (Å²) < 4.78 is 0. The number of aliphatic hydroxyl groups is 1. The fraction of sp³-hybridized carbons (Fsp3) is 0.600. The van der Waals surface area contributed by atoms with E-state index in [0.717, 1.165) is 18.5 Å². The lowest BCUT2D eigenvalue weighted by molar-refractivity contribution is -0.0383. The van der Waals surface area contributed by atoms with Crippen LogP contribution in [0.2, 0.25) is 0 Å². The lowest BCUT2D eigenvalue weighted by atomic mass is 9.77. The zero-order valence-electron chi connectivity index (χ0n) is 11.8. The molecule has 0 aliphatic heterocycles. The van der Waals surface area contributed by atoms with Crippen molar-refractivity contribution in [2.75, 3.05) is 20.6 Å². The molecule has 3 heteroatoms. The van der Waals surface area contributed by atoms with Crippen molar-refractivity contribution >= 4 is 0 Å². The van der Waals surface area contributed by atoms with Crippen LogP contribution in [0.4, 0.5) is 0 Å². The second kappa shape index (κ2) is 6.21. The number of phenols is 1. The number of hydrogen-bond donors (Lipinski definition) is 2. The minimum Gasteiger partial charge on any atom is -0.508 e. The summed E-state index contributed by atoms with van der Waals surface area (Å²) in [5.41, 5.74) is -0.0729. The van der Waals surface area contributed by atoms with Crippen LogP contribution in [-0.2, 0) is 5.60 Å². The fourth-order valence-corrected chi connectivity index (χ4v) is 2.56. The topological polar surface area (TPSA) is 43.7 Å². The highest BCUT2D eigenvalue weighted by Crippen LogP contribution is 2.36. The average molecular weight is 251 g/mol. The van der Waals surface area contributed by atoms with E-state index in [1.54, 1.807) is 18.2 Å². The molecule has 0 aliphatic rings. The Hall–Kier alpha value is -1.06. The molecule has 3 nitrogen and oxygen atoms in total. The highest BCUT2D eigenvalue weighted by atomic mass is 16.3. The molecule has 0 bridgehead atoms. The van der Waals surface area contributed by atoms with Crippen molar-refractivity contribution in [1.82, 2.24) is 4.90 Å². The molecule has 18 heavy (non-hydrogen) atoms. The Bertz CT molecular complexity index is 379. The van der Waals surface area contributed by atoms with Gasteiger partial charge in [-0.25, -0.2) is 0 Å². The third kappa shape index (κ3) is 3.24. The molecule has 0 saturated heterocycles. The normalized spacial score (nSPS) is 16.6. The van der Waals surface area contributed by atoms with Gasteiger partial charge >= 0.3 is 0 Å². The molecule has 1 rings (SSSR count). The van der Waals surface area contributed by atoms with Gasteiger partial charge in [0.15, 0.2) is 0 Å². The van der Waals surface area contributed by atoms with Crippen LogP contribution >= 0.6 is 0 Å². The largest absolute Gasteiger partial charge is 0.508 e. The maximum atomic E-state index is 11.0. The van der Waals surface area contributed by atoms with Gasteiger partial charge in [0.2, 0.25) is 0 Å². The van der Waals surface area contributed by atoms with Gasteiger partial charge < -0.3 is 15.1 Å². The van der Waals surface area contributed by atoms with E-state index in [2.05, 4.69) is 11.8 Å². The summed E-state index contributed by atoms with van der Waals surface area (Å²) in [6.07, 6.45) is 1.54. The van der Waals surface area contributed by atoms with E-state index in [1.165, 1.54) is 0 Å². The van der Waals surface area contributed by atoms with E-state index < -0.39 is 5.60 Å². The second-order valence-electron chi connectivity index (χ2n) is 5.20. The van der Waals surface area contributed by atoms with E-state index in [9.17, 15) is 10.2 Å². The molecule has 0 aromatic heterocycles. The van der Waals surface area contributed by atoms with E-state index in [0.29, 0.717) is 6.42 Å². The van der Waals surface area contributed by atoms with Gasteiger partial charge in [0.05, 0.1) is 5.60 Å². The third-order valence-corrected chi connectivity index (χ3v) is 3.64. The summed E-state index contributed by atoms with van der Waals surface area (Å²) in [6.45, 7) is 4.91. The molecule has 0 spiro atoms. The number of nitrogens with zero attached hydrogens (tertiary/aromatic N) is 1. The van der Waals surface area contributed by atoms with E-state index in [1.807, 2.05) is 27.1 Å². The SMILES string of the molecule is CC[C@H](CN(C)C)[C@](O)(CC)c1cccc(O)c1. The Balaban J connectivity index is 3.09. The van der Waals surface area contributed by atoms with E-state index in [-0.39, 0.29) is 11.7 Å². The first-order valence-electron chi connectivity index (χ1n) is 6.60. The van der Waals surface area contributed by atoms with Gasteiger partial charge in [0.25, 0.3) is 0 Å². The molecule has 1 aromatic carbocycles. The van der Waals surface area contributed by atoms with Gasteiger partial charge in [-0.15, -0.1) is 0 Å². The number of hydrogen-bond acceptors (Lipinski definition) is 3. The zero-order valence-corrected chi connectivity index (χ0v) is 11.8. The molecule has 0 aliphatic carbocycles. The second-order valence-corrected chi connectivity index (χ2v) is 5.20. The summed E-state index contributed by atoms with van der Waals surface area (Å²) >= 11 is 0. The Morgan fingerprint density at radius 3 is 2.39 bits per heavy atom. The summed E-state index contributed by atoms with van der Waals surface area (Å²) in [5, 5.41) is 20.6. The molecule has 0 fully saturated rings. The summed E-state index contributed by atoms with van der Waals surface area (Å²) in [7, 11) is 4.03. The maximum Gasteiger partial charge on any atom is 0.115 e. The molecule has 0 heterocycles. The first kappa shape index (κ1) is 15.0. The van der Waals surface area contributed by atoms with Crippen LogP contribution in [0, 0.1) is 5.92 Å². The van der Waals surface area contributed by atoms with Gasteiger partial charge in [-0.3, -0.25) is 0 Å². The van der Waals surface area contributed by atoms with Crippen LogP contribution in [-0.4, -0.2) is 35.8 Å². The molecule has 0 amide bonds. The molecule has 1 aromatic rings. The van der Waals surface area contributed by atoms with Crippen molar-refractivity contribution in [2.24, 2.45) is 5.92 Å². The minimum absolute atomic E-state index is 0.152. The molecule has 2 N–H and O–H groups in total. The third-order valence-electron chi connectivity index (χ3n) is 3.64. The molecule has 0 radical (unpaired) electrons. The van der Waals surface area contributed by atoms with Gasteiger partial charge in [-0.05, 0) is 44.6 Å². The van der Waals surface area contributed by atoms with Crippen LogP contribution < -0.4 is 0 Å². The standard InChI is InChI=1S/C15H25NO2/c1-5-12(11-16(3)4)15(18,6-2)13-8-7-9-14(17)10-13/h7-10,12,17-18H,5-6,11H2,1-4H3/t12-,15-/m1/s1. The average Bonchev–Trinajstić information content (AvgIpc) is 2.34. The molecule has 0 unspecified atom stereocenters. The summed E-state index contributed by atoms with van der Waals surface area (Å²) in [5.74, 6) is 0.360. The van der Waals surface area contributed by atoms with E-state index in [4.69, 9.17) is 0 Å². The van der Waals surface area contributed by atoms with Crippen molar-refractivity contribution in [3.8, 4) is 5.75 Å². The Morgan fingerprint density at radius 2 is 1.94 bits per heavy atom. The van der Waals surface area contributed by atoms with Gasteiger partial charge in [0.1, 0.15) is 5.75 Å². The minimum atomic E-state index is -0.877. The van der Waals surface area contributed by atoms with Crippen LogP contribution in [0.15, 0.2) is 24.3 Å². The highest BCUT2D eigenvalue weighted by Gasteiger charge is 2.36. The monoisotopic (exact) mass is 251 g/mol. The van der Waals surface area contributed by atoms with Crippen molar-refractivity contribution in [3.05, 3.63) is 29.8 Å². The summed E-state index contributed by atoms with van der Waals surface area (Å²) in [4.78, 5) is 2.09. The Morgan fingerprint density at radius 1 is 1.28 bits per heavy atom. The highest BCUT2D eigenvalue weighted by molar-refractivity contribution is 5.32. The molecule has 102 valence electrons. The number of benzene rings is 1. The first-order valence-corrected chi connectivity index (χ1v) is 6.60. The summed E-state index contributed by atoms with van der Waals surface area (Å²) in [6, 6.07) is 6.98. The first-order chi connectivity index (χ1) is 8.43. The zero-order chi connectivity index (χ0) is 13.8. The molecular weight excluding hydrogens is 226 g/mol. The molecule has 0 saturated carbocycles. The lowest BCUT2D eigenvalue weighted by Gasteiger charge is -2.37. The van der Waals surface area contributed by atoms with E-state index >= 15 is 0 Å². The maximum absolute atomic E-state index is 11.0. The van der Waals surface area contributed by atoms with Crippen molar-refractivity contribution < 1.29 is 10.2 Å². The van der Waals surface area contributed by atoms with Crippen LogP contribution in [0.5, 0.6) is 5.75 Å². The number of aromatic hydroxyl groups is 1. The smallest absolute Gasteiger partial charge is 0.115 e. The number of phenolic OH excluding ortho intramolecular Hbond substituents is 1. The Labute approximate surface area is 110 Å². The van der Waals surface area contributed by atoms with Crippen molar-refractivity contribution in [1.29, 1.82) is 0 Å². The lowest BCUT2D eigenvalue weighted by Crippen LogP contribution is -2.40. The fourth-order valence-electron chi connectivity index (χ4n) is 2.56. The van der Waals surface area contributed by atoms with Crippen molar-refractivity contribution in [3.63, 3.8) is 0 Å². The Kier molecular flexibility index (Phi) is 5.17. The van der Waals surface area contributed by atoms with Gasteiger partial charge in [-0.2, -0.15) is 0 Å². The van der Waals surface area contributed by atoms with Crippen LogP contribution in [0.3, 0.4) is 0 Å². The van der Waals surface area contributed by atoms with Gasteiger partial charge in [-0.1, -0.05) is 26.0 Å². The predicted molar refractivity (Wildman–Crippen MR) is 74.6 cm³/mol. The van der Waals surface area contributed by atoms with Crippen LogP contribution in [0.1, 0.15) is 32.3 Å². The molecule has 2 atom stereocenters. The molecular formula is C15H25NO2. The quantitative estimate of drug-likeness (QED) is 0.816. The predicted octanol–water partition coefficient (Wildman–Crippen LogP) is 2.58. The van der Waals surface area contributed by atoms with Crippen LogP contribution in [0.25, 0.3) is 0 Å².